The topological polar surface area (TPSA) is 12.5 Å². The second kappa shape index (κ2) is 3.02. The van der Waals surface area contributed by atoms with Crippen LogP contribution in [0, 0.1) is 11.8 Å². The Hall–Kier alpha value is -0.500. The zero-order chi connectivity index (χ0) is 8.67. The molecule has 3 aliphatic rings. The van der Waals surface area contributed by atoms with E-state index in [1.807, 2.05) is 0 Å². The van der Waals surface area contributed by atoms with E-state index in [0.29, 0.717) is 0 Å². The van der Waals surface area contributed by atoms with Crippen molar-refractivity contribution in [3.8, 4) is 0 Å². The second-order valence-electron chi connectivity index (χ2n) is 4.46. The molecule has 0 spiro atoms. The van der Waals surface area contributed by atoms with E-state index in [-0.39, 0.29) is 0 Å². The van der Waals surface area contributed by atoms with Crippen LogP contribution in [-0.4, -0.2) is 31.2 Å². The monoisotopic (exact) mass is 179 g/mol. The average molecular weight is 179 g/mol. The van der Waals surface area contributed by atoms with Crippen LogP contribution in [0.5, 0.6) is 0 Å². The molecule has 1 saturated carbocycles. The molecule has 2 fully saturated rings. The number of allylic oxidation sites excluding steroid dienone is 2. The molecule has 2 nitrogen and oxygen atoms in total. The number of hydrogen-bond acceptors (Lipinski definition) is 2. The maximum atomic E-state index is 5.37. The predicted molar refractivity (Wildman–Crippen MR) is 51.3 cm³/mol. The molecule has 72 valence electrons. The summed E-state index contributed by atoms with van der Waals surface area (Å²) in [5.74, 6) is 1.82. The van der Waals surface area contributed by atoms with Gasteiger partial charge in [0.2, 0.25) is 0 Å². The predicted octanol–water partition coefficient (Wildman–Crippen LogP) is 1.63. The van der Waals surface area contributed by atoms with Gasteiger partial charge in [0.15, 0.2) is 0 Å². The van der Waals surface area contributed by atoms with Crippen LogP contribution in [0.15, 0.2) is 11.8 Å². The van der Waals surface area contributed by atoms with Crippen LogP contribution < -0.4 is 0 Å². The third-order valence-electron chi connectivity index (χ3n) is 3.67. The van der Waals surface area contributed by atoms with Crippen LogP contribution in [0.25, 0.3) is 0 Å². The van der Waals surface area contributed by atoms with Crippen molar-refractivity contribution in [3.05, 3.63) is 11.8 Å². The minimum atomic E-state index is 0.906. The van der Waals surface area contributed by atoms with E-state index in [2.05, 4.69) is 11.0 Å². The lowest BCUT2D eigenvalue weighted by molar-refractivity contribution is 0.0491. The van der Waals surface area contributed by atoms with Crippen LogP contribution in [0.1, 0.15) is 19.3 Å². The van der Waals surface area contributed by atoms with Crippen LogP contribution >= 0.6 is 0 Å². The Morgan fingerprint density at radius 2 is 2.08 bits per heavy atom. The Labute approximate surface area is 79.6 Å². The van der Waals surface area contributed by atoms with Crippen LogP contribution in [0.3, 0.4) is 0 Å². The summed E-state index contributed by atoms with van der Waals surface area (Å²) in [6.07, 6.45) is 6.85. The highest BCUT2D eigenvalue weighted by atomic mass is 16.5. The Balaban J connectivity index is 1.74. The van der Waals surface area contributed by atoms with Gasteiger partial charge in [0.25, 0.3) is 0 Å². The summed E-state index contributed by atoms with van der Waals surface area (Å²) in [7, 11) is 0. The van der Waals surface area contributed by atoms with Crippen LogP contribution in [-0.2, 0) is 4.74 Å². The first-order valence-electron chi connectivity index (χ1n) is 5.48. The standard InChI is InChI=1S/C11H17NO/c1-2-10-7-9(1)8-11(10)12-3-5-13-6-4-12/h8-10H,1-7H2. The van der Waals surface area contributed by atoms with E-state index in [1.54, 1.807) is 5.70 Å². The Kier molecular flexibility index (Phi) is 1.82. The molecule has 0 aromatic carbocycles. The molecule has 0 aromatic heterocycles. The molecule has 0 amide bonds. The fourth-order valence-corrected chi connectivity index (χ4v) is 3.00. The van der Waals surface area contributed by atoms with Crippen LogP contribution in [0.2, 0.25) is 0 Å². The smallest absolute Gasteiger partial charge is 0.0642 e. The van der Waals surface area contributed by atoms with E-state index < -0.39 is 0 Å². The molecular weight excluding hydrogens is 162 g/mol. The van der Waals surface area contributed by atoms with Crippen molar-refractivity contribution in [1.82, 2.24) is 4.90 Å². The highest BCUT2D eigenvalue weighted by Crippen LogP contribution is 2.44. The van der Waals surface area contributed by atoms with E-state index in [0.717, 1.165) is 38.1 Å². The van der Waals surface area contributed by atoms with E-state index in [9.17, 15) is 0 Å². The normalized spacial score (nSPS) is 38.2. The zero-order valence-electron chi connectivity index (χ0n) is 8.04. The van der Waals surface area contributed by atoms with Crippen molar-refractivity contribution in [2.24, 2.45) is 11.8 Å². The molecular formula is C11H17NO. The third-order valence-corrected chi connectivity index (χ3v) is 3.67. The van der Waals surface area contributed by atoms with Crippen LogP contribution in [0.4, 0.5) is 0 Å². The fourth-order valence-electron chi connectivity index (χ4n) is 3.00. The van der Waals surface area contributed by atoms with E-state index >= 15 is 0 Å². The highest BCUT2D eigenvalue weighted by Gasteiger charge is 2.35. The maximum absolute atomic E-state index is 5.37. The number of rotatable bonds is 1. The molecule has 2 atom stereocenters. The minimum Gasteiger partial charge on any atom is -0.378 e. The first-order valence-corrected chi connectivity index (χ1v) is 5.48. The van der Waals surface area contributed by atoms with Crippen molar-refractivity contribution in [3.63, 3.8) is 0 Å². The molecule has 0 radical (unpaired) electrons. The number of ether oxygens (including phenoxy) is 1. The SMILES string of the molecule is C1=C(N2CCOCC2)C2CCC1C2. The number of fused-ring (bicyclic) bond motifs is 2. The molecule has 2 heteroatoms. The molecule has 0 N–H and O–H groups in total. The summed E-state index contributed by atoms with van der Waals surface area (Å²) in [5, 5.41) is 0. The Bertz CT molecular complexity index is 230. The third kappa shape index (κ3) is 1.28. The Morgan fingerprint density at radius 3 is 2.69 bits per heavy atom. The van der Waals surface area contributed by atoms with Gasteiger partial charge in [-0.3, -0.25) is 0 Å². The largest absolute Gasteiger partial charge is 0.378 e. The molecule has 13 heavy (non-hydrogen) atoms. The van der Waals surface area contributed by atoms with Gasteiger partial charge < -0.3 is 9.64 Å². The van der Waals surface area contributed by atoms with Gasteiger partial charge in [-0.2, -0.15) is 0 Å². The molecule has 1 heterocycles. The lowest BCUT2D eigenvalue weighted by atomic mass is 10.0. The summed E-state index contributed by atoms with van der Waals surface area (Å²) in [6.45, 7) is 4.09. The van der Waals surface area contributed by atoms with Gasteiger partial charge in [0, 0.05) is 18.8 Å². The molecule has 3 rings (SSSR count). The van der Waals surface area contributed by atoms with Crippen molar-refractivity contribution >= 4 is 0 Å². The summed E-state index contributed by atoms with van der Waals surface area (Å²) in [6, 6.07) is 0. The quantitative estimate of drug-likeness (QED) is 0.606. The highest BCUT2D eigenvalue weighted by molar-refractivity contribution is 5.18. The Morgan fingerprint density at radius 1 is 1.23 bits per heavy atom. The number of morpholine rings is 1. The fraction of sp³-hybridized carbons (Fsp3) is 0.818. The van der Waals surface area contributed by atoms with Gasteiger partial charge in [-0.25, -0.2) is 0 Å². The van der Waals surface area contributed by atoms with Gasteiger partial charge >= 0.3 is 0 Å². The second-order valence-corrected chi connectivity index (χ2v) is 4.46. The van der Waals surface area contributed by atoms with Crippen molar-refractivity contribution in [2.45, 2.75) is 19.3 Å². The van der Waals surface area contributed by atoms with Gasteiger partial charge in [0.1, 0.15) is 0 Å². The maximum Gasteiger partial charge on any atom is 0.0642 e. The molecule has 0 aromatic rings. The van der Waals surface area contributed by atoms with Crippen molar-refractivity contribution < 1.29 is 4.74 Å². The first-order chi connectivity index (χ1) is 6.43. The summed E-state index contributed by atoms with van der Waals surface area (Å²) in [4.78, 5) is 2.55. The molecule has 1 saturated heterocycles. The van der Waals surface area contributed by atoms with Crippen molar-refractivity contribution in [2.75, 3.05) is 26.3 Å². The van der Waals surface area contributed by atoms with Crippen molar-refractivity contribution in [1.29, 1.82) is 0 Å². The first kappa shape index (κ1) is 7.86. The molecule has 2 aliphatic carbocycles. The van der Waals surface area contributed by atoms with Gasteiger partial charge in [-0.05, 0) is 31.1 Å². The summed E-state index contributed by atoms with van der Waals surface area (Å²) >= 11 is 0. The molecule has 1 aliphatic heterocycles. The lowest BCUT2D eigenvalue weighted by Gasteiger charge is -2.33. The van der Waals surface area contributed by atoms with Gasteiger partial charge in [-0.15, -0.1) is 0 Å². The summed E-state index contributed by atoms with van der Waals surface area (Å²) in [5.41, 5.74) is 1.65. The van der Waals surface area contributed by atoms with Gasteiger partial charge in [0.05, 0.1) is 13.2 Å². The lowest BCUT2D eigenvalue weighted by Crippen LogP contribution is -2.37. The molecule has 2 bridgehead atoms. The number of hydrogen-bond donors (Lipinski definition) is 0. The zero-order valence-corrected chi connectivity index (χ0v) is 8.04. The number of nitrogens with zero attached hydrogens (tertiary/aromatic N) is 1. The summed E-state index contributed by atoms with van der Waals surface area (Å²) < 4.78 is 5.37. The van der Waals surface area contributed by atoms with E-state index in [1.165, 1.54) is 19.3 Å². The minimum absolute atomic E-state index is 0.906. The van der Waals surface area contributed by atoms with E-state index in [4.69, 9.17) is 4.74 Å². The molecule has 2 unspecified atom stereocenters. The average Bonchev–Trinajstić information content (AvgIpc) is 2.80. The van der Waals surface area contributed by atoms with Gasteiger partial charge in [-0.1, -0.05) is 6.08 Å².